The summed E-state index contributed by atoms with van der Waals surface area (Å²) < 4.78 is 5.77. The van der Waals surface area contributed by atoms with Gasteiger partial charge < -0.3 is 9.64 Å². The second kappa shape index (κ2) is 8.34. The second-order valence-electron chi connectivity index (χ2n) is 8.43. The van der Waals surface area contributed by atoms with Crippen LogP contribution in [0.25, 0.3) is 5.57 Å². The van der Waals surface area contributed by atoms with Crippen LogP contribution in [0.1, 0.15) is 37.8 Å². The van der Waals surface area contributed by atoms with Gasteiger partial charge in [-0.2, -0.15) is 0 Å². The zero-order valence-electron chi connectivity index (χ0n) is 17.9. The predicted molar refractivity (Wildman–Crippen MR) is 118 cm³/mol. The van der Waals surface area contributed by atoms with Crippen LogP contribution in [-0.4, -0.2) is 36.4 Å². The van der Waals surface area contributed by atoms with Crippen molar-refractivity contribution in [1.29, 1.82) is 0 Å². The molecule has 30 heavy (non-hydrogen) atoms. The van der Waals surface area contributed by atoms with Gasteiger partial charge in [-0.25, -0.2) is 4.90 Å². The highest BCUT2D eigenvalue weighted by Crippen LogP contribution is 2.36. The molecule has 2 aliphatic rings. The fourth-order valence-corrected chi connectivity index (χ4v) is 3.99. The molecule has 5 heteroatoms. The Kier molecular flexibility index (Phi) is 5.62. The molecule has 0 N–H and O–H groups in total. The molecule has 0 saturated carbocycles. The largest absolute Gasteiger partial charge is 0.493 e. The van der Waals surface area contributed by atoms with Crippen LogP contribution < -0.4 is 9.64 Å². The van der Waals surface area contributed by atoms with E-state index in [1.165, 1.54) is 4.90 Å². The molecule has 0 unspecified atom stereocenters. The van der Waals surface area contributed by atoms with Crippen molar-refractivity contribution >= 4 is 23.1 Å². The highest BCUT2D eigenvalue weighted by atomic mass is 16.5. The van der Waals surface area contributed by atoms with Crippen molar-refractivity contribution in [3.8, 4) is 5.75 Å². The summed E-state index contributed by atoms with van der Waals surface area (Å²) in [7, 11) is 0. The SMILES string of the molecule is Cc1cccc(N2C(=O)C(c3ccc(OCC(C)C)cc3)=C(N3CCCC3)C2=O)c1. The topological polar surface area (TPSA) is 49.9 Å². The second-order valence-corrected chi connectivity index (χ2v) is 8.43. The summed E-state index contributed by atoms with van der Waals surface area (Å²) in [6.07, 6.45) is 2.06. The quantitative estimate of drug-likeness (QED) is 0.669. The van der Waals surface area contributed by atoms with Crippen LogP contribution in [0.15, 0.2) is 54.2 Å². The van der Waals surface area contributed by atoms with Crippen LogP contribution in [0, 0.1) is 12.8 Å². The van der Waals surface area contributed by atoms with Crippen LogP contribution >= 0.6 is 0 Å². The van der Waals surface area contributed by atoms with Gasteiger partial charge in [0.25, 0.3) is 11.8 Å². The lowest BCUT2D eigenvalue weighted by Crippen LogP contribution is -2.34. The lowest BCUT2D eigenvalue weighted by molar-refractivity contribution is -0.120. The number of amides is 2. The van der Waals surface area contributed by atoms with Crippen LogP contribution in [0.2, 0.25) is 0 Å². The number of rotatable bonds is 6. The molecule has 0 radical (unpaired) electrons. The predicted octanol–water partition coefficient (Wildman–Crippen LogP) is 4.41. The van der Waals surface area contributed by atoms with Gasteiger partial charge in [-0.15, -0.1) is 0 Å². The zero-order valence-corrected chi connectivity index (χ0v) is 17.9. The van der Waals surface area contributed by atoms with Crippen molar-refractivity contribution in [1.82, 2.24) is 4.90 Å². The van der Waals surface area contributed by atoms with E-state index in [1.807, 2.05) is 55.5 Å². The minimum atomic E-state index is -0.261. The molecule has 2 aromatic carbocycles. The Balaban J connectivity index is 1.72. The third kappa shape index (κ3) is 3.84. The van der Waals surface area contributed by atoms with E-state index in [-0.39, 0.29) is 11.8 Å². The average molecular weight is 405 g/mol. The Hall–Kier alpha value is -3.08. The van der Waals surface area contributed by atoms with E-state index in [4.69, 9.17) is 4.74 Å². The number of hydrogen-bond acceptors (Lipinski definition) is 4. The normalized spacial score (nSPS) is 16.9. The van der Waals surface area contributed by atoms with Crippen molar-refractivity contribution < 1.29 is 14.3 Å². The van der Waals surface area contributed by atoms with E-state index >= 15 is 0 Å². The van der Waals surface area contributed by atoms with Crippen LogP contribution in [0.5, 0.6) is 5.75 Å². The zero-order chi connectivity index (χ0) is 21.3. The van der Waals surface area contributed by atoms with Gasteiger partial charge in [-0.1, -0.05) is 38.1 Å². The van der Waals surface area contributed by atoms with Crippen molar-refractivity contribution in [2.24, 2.45) is 5.92 Å². The maximum atomic E-state index is 13.5. The average Bonchev–Trinajstić information content (AvgIpc) is 3.33. The number of benzene rings is 2. The standard InChI is InChI=1S/C25H28N2O3/c1-17(2)16-30-21-11-9-19(10-12-21)22-23(26-13-4-5-14-26)25(29)27(24(22)28)20-8-6-7-18(3)15-20/h6-12,15,17H,4-5,13-14,16H2,1-3H3. The molecule has 156 valence electrons. The van der Waals surface area contributed by atoms with Crippen molar-refractivity contribution in [2.45, 2.75) is 33.6 Å². The smallest absolute Gasteiger partial charge is 0.282 e. The summed E-state index contributed by atoms with van der Waals surface area (Å²) >= 11 is 0. The Morgan fingerprint density at radius 1 is 0.967 bits per heavy atom. The fraction of sp³-hybridized carbons (Fsp3) is 0.360. The Labute approximate surface area is 177 Å². The first-order valence-electron chi connectivity index (χ1n) is 10.6. The summed E-state index contributed by atoms with van der Waals surface area (Å²) in [5.41, 5.74) is 3.39. The van der Waals surface area contributed by atoms with Crippen molar-refractivity contribution in [3.05, 3.63) is 65.4 Å². The number of hydrogen-bond donors (Lipinski definition) is 0. The third-order valence-electron chi connectivity index (χ3n) is 5.47. The van der Waals surface area contributed by atoms with E-state index in [9.17, 15) is 9.59 Å². The number of nitrogens with zero attached hydrogens (tertiary/aromatic N) is 2. The molecule has 0 bridgehead atoms. The molecule has 2 amide bonds. The van der Waals surface area contributed by atoms with E-state index < -0.39 is 0 Å². The van der Waals surface area contributed by atoms with Gasteiger partial charge in [0, 0.05) is 13.1 Å². The highest BCUT2D eigenvalue weighted by Gasteiger charge is 2.42. The van der Waals surface area contributed by atoms with Gasteiger partial charge in [0.2, 0.25) is 0 Å². The highest BCUT2D eigenvalue weighted by molar-refractivity contribution is 6.45. The molecule has 2 aliphatic heterocycles. The van der Waals surface area contributed by atoms with Gasteiger partial charge in [0.1, 0.15) is 11.4 Å². The Morgan fingerprint density at radius 3 is 2.30 bits per heavy atom. The molecule has 0 spiro atoms. The summed E-state index contributed by atoms with van der Waals surface area (Å²) in [5.74, 6) is 0.708. The number of carbonyl (C=O) groups excluding carboxylic acids is 2. The summed E-state index contributed by atoms with van der Waals surface area (Å²) in [6, 6.07) is 15.0. The van der Waals surface area contributed by atoms with Gasteiger partial charge in [0.15, 0.2) is 0 Å². The van der Waals surface area contributed by atoms with Gasteiger partial charge in [-0.3, -0.25) is 9.59 Å². The maximum Gasteiger partial charge on any atom is 0.282 e. The van der Waals surface area contributed by atoms with Gasteiger partial charge in [0.05, 0.1) is 17.9 Å². The van der Waals surface area contributed by atoms with Gasteiger partial charge >= 0.3 is 0 Å². The van der Waals surface area contributed by atoms with Crippen molar-refractivity contribution in [2.75, 3.05) is 24.6 Å². The summed E-state index contributed by atoms with van der Waals surface area (Å²) in [6.45, 7) is 8.40. The third-order valence-corrected chi connectivity index (χ3v) is 5.47. The molecule has 0 aliphatic carbocycles. The minimum Gasteiger partial charge on any atom is -0.493 e. The van der Waals surface area contributed by atoms with Crippen LogP contribution in [0.3, 0.4) is 0 Å². The van der Waals surface area contributed by atoms with E-state index in [2.05, 4.69) is 18.7 Å². The number of imide groups is 1. The number of anilines is 1. The molecule has 2 heterocycles. The van der Waals surface area contributed by atoms with Crippen LogP contribution in [-0.2, 0) is 9.59 Å². The monoisotopic (exact) mass is 404 g/mol. The first-order valence-corrected chi connectivity index (χ1v) is 10.6. The number of carbonyl (C=O) groups is 2. The Bertz CT molecular complexity index is 986. The number of ether oxygens (including phenoxy) is 1. The molecule has 1 saturated heterocycles. The molecule has 0 aromatic heterocycles. The summed E-state index contributed by atoms with van der Waals surface area (Å²) in [4.78, 5) is 30.3. The first-order chi connectivity index (χ1) is 14.5. The van der Waals surface area contributed by atoms with Crippen LogP contribution in [0.4, 0.5) is 5.69 Å². The number of likely N-dealkylation sites (tertiary alicyclic amines) is 1. The molecule has 4 rings (SSSR count). The Morgan fingerprint density at radius 2 is 1.67 bits per heavy atom. The minimum absolute atomic E-state index is 0.234. The molecule has 0 atom stereocenters. The molecule has 1 fully saturated rings. The molecular formula is C25H28N2O3. The molecule has 5 nitrogen and oxygen atoms in total. The van der Waals surface area contributed by atoms with Gasteiger partial charge in [-0.05, 0) is 61.1 Å². The van der Waals surface area contributed by atoms with E-state index in [0.717, 1.165) is 42.8 Å². The van der Waals surface area contributed by atoms with E-state index in [0.29, 0.717) is 29.5 Å². The number of aryl methyl sites for hydroxylation is 1. The maximum absolute atomic E-state index is 13.5. The summed E-state index contributed by atoms with van der Waals surface area (Å²) in [5, 5.41) is 0. The lowest BCUT2D eigenvalue weighted by atomic mass is 10.0. The van der Waals surface area contributed by atoms with Crippen molar-refractivity contribution in [3.63, 3.8) is 0 Å². The molecular weight excluding hydrogens is 376 g/mol. The molecule has 2 aromatic rings. The lowest BCUT2D eigenvalue weighted by Gasteiger charge is -2.20. The fourth-order valence-electron chi connectivity index (χ4n) is 3.99. The first kappa shape index (κ1) is 20.2. The van der Waals surface area contributed by atoms with E-state index in [1.54, 1.807) is 0 Å².